The van der Waals surface area contributed by atoms with Gasteiger partial charge >= 0.3 is 0 Å². The molecule has 3 aliphatic rings. The molecule has 3 atom stereocenters. The molecular formula is C15H29N3. The van der Waals surface area contributed by atoms with Crippen molar-refractivity contribution in [1.29, 1.82) is 0 Å². The third-order valence-electron chi connectivity index (χ3n) is 5.84. The Morgan fingerprint density at radius 2 is 2.00 bits per heavy atom. The second-order valence-electron chi connectivity index (χ2n) is 6.50. The summed E-state index contributed by atoms with van der Waals surface area (Å²) in [6.07, 6.45) is 9.57. The molecule has 3 unspecified atom stereocenters. The molecule has 0 aromatic carbocycles. The lowest BCUT2D eigenvalue weighted by atomic mass is 9.82. The molecule has 104 valence electrons. The van der Waals surface area contributed by atoms with Crippen LogP contribution in [0.2, 0.25) is 0 Å². The lowest BCUT2D eigenvalue weighted by Crippen LogP contribution is -2.63. The Labute approximate surface area is 112 Å². The van der Waals surface area contributed by atoms with Crippen LogP contribution in [0.3, 0.4) is 0 Å². The van der Waals surface area contributed by atoms with Gasteiger partial charge in [0, 0.05) is 25.2 Å². The topological polar surface area (TPSA) is 32.5 Å². The average Bonchev–Trinajstić information content (AvgIpc) is 3.01. The van der Waals surface area contributed by atoms with Crippen molar-refractivity contribution in [2.24, 2.45) is 5.73 Å². The number of hydrogen-bond acceptors (Lipinski definition) is 3. The fraction of sp³-hybridized carbons (Fsp3) is 1.00. The Hall–Kier alpha value is -0.120. The monoisotopic (exact) mass is 251 g/mol. The van der Waals surface area contributed by atoms with Crippen LogP contribution in [-0.4, -0.2) is 53.6 Å². The molecule has 3 nitrogen and oxygen atoms in total. The van der Waals surface area contributed by atoms with Crippen molar-refractivity contribution in [3.63, 3.8) is 0 Å². The van der Waals surface area contributed by atoms with E-state index in [9.17, 15) is 0 Å². The summed E-state index contributed by atoms with van der Waals surface area (Å²) in [5.74, 6) is 0. The number of likely N-dealkylation sites (tertiary alicyclic amines) is 1. The number of nitrogens with zero attached hydrogens (tertiary/aromatic N) is 2. The van der Waals surface area contributed by atoms with Crippen LogP contribution in [0, 0.1) is 0 Å². The highest BCUT2D eigenvalue weighted by Gasteiger charge is 2.53. The summed E-state index contributed by atoms with van der Waals surface area (Å²) in [4.78, 5) is 5.56. The molecule has 3 heterocycles. The van der Waals surface area contributed by atoms with Crippen LogP contribution >= 0.6 is 0 Å². The standard InChI is InChI=1S/C15H29N3/c1-2-13-6-3-4-10-18(13)15(12-16)8-11-17-9-5-7-14(15)17/h13-14H,2-12,16H2,1H3. The van der Waals surface area contributed by atoms with Gasteiger partial charge in [-0.3, -0.25) is 9.80 Å². The fourth-order valence-electron chi connectivity index (χ4n) is 4.91. The first-order chi connectivity index (χ1) is 8.81. The van der Waals surface area contributed by atoms with Crippen LogP contribution in [0.1, 0.15) is 51.9 Å². The van der Waals surface area contributed by atoms with Gasteiger partial charge in [-0.25, -0.2) is 0 Å². The zero-order valence-corrected chi connectivity index (χ0v) is 11.9. The van der Waals surface area contributed by atoms with Gasteiger partial charge in [0.05, 0.1) is 5.54 Å². The van der Waals surface area contributed by atoms with E-state index in [-0.39, 0.29) is 0 Å². The maximum absolute atomic E-state index is 6.30. The van der Waals surface area contributed by atoms with E-state index < -0.39 is 0 Å². The summed E-state index contributed by atoms with van der Waals surface area (Å²) in [5.41, 5.74) is 6.62. The molecule has 0 aromatic heterocycles. The van der Waals surface area contributed by atoms with E-state index in [0.717, 1.165) is 18.6 Å². The quantitative estimate of drug-likeness (QED) is 0.830. The van der Waals surface area contributed by atoms with Crippen molar-refractivity contribution in [3.05, 3.63) is 0 Å². The molecule has 3 fully saturated rings. The van der Waals surface area contributed by atoms with Crippen LogP contribution in [0.25, 0.3) is 0 Å². The van der Waals surface area contributed by atoms with Gasteiger partial charge in [0.15, 0.2) is 0 Å². The van der Waals surface area contributed by atoms with Gasteiger partial charge in [0.1, 0.15) is 0 Å². The Morgan fingerprint density at radius 3 is 2.78 bits per heavy atom. The zero-order valence-electron chi connectivity index (χ0n) is 11.9. The molecule has 3 aliphatic heterocycles. The molecule has 2 N–H and O–H groups in total. The zero-order chi connectivity index (χ0) is 12.6. The van der Waals surface area contributed by atoms with Gasteiger partial charge in [0.25, 0.3) is 0 Å². The normalized spacial score (nSPS) is 42.3. The molecule has 3 saturated heterocycles. The SMILES string of the molecule is CCC1CCCCN1C1(CN)CCN2CCCC21. The lowest BCUT2D eigenvalue weighted by Gasteiger charge is -2.50. The minimum absolute atomic E-state index is 0.317. The average molecular weight is 251 g/mol. The highest BCUT2D eigenvalue weighted by atomic mass is 15.3. The molecular weight excluding hydrogens is 222 g/mol. The Kier molecular flexibility index (Phi) is 3.65. The summed E-state index contributed by atoms with van der Waals surface area (Å²) >= 11 is 0. The summed E-state index contributed by atoms with van der Waals surface area (Å²) in [5, 5.41) is 0. The minimum atomic E-state index is 0.317. The summed E-state index contributed by atoms with van der Waals surface area (Å²) in [6, 6.07) is 1.55. The van der Waals surface area contributed by atoms with E-state index in [1.165, 1.54) is 64.6 Å². The Bertz CT molecular complexity index is 293. The molecule has 0 aliphatic carbocycles. The van der Waals surface area contributed by atoms with Crippen molar-refractivity contribution < 1.29 is 0 Å². The summed E-state index contributed by atoms with van der Waals surface area (Å²) in [6.45, 7) is 7.12. The van der Waals surface area contributed by atoms with Gasteiger partial charge in [0.2, 0.25) is 0 Å². The predicted octanol–water partition coefficient (Wildman–Crippen LogP) is 1.82. The van der Waals surface area contributed by atoms with Gasteiger partial charge in [-0.05, 0) is 51.6 Å². The first kappa shape index (κ1) is 12.9. The van der Waals surface area contributed by atoms with Crippen molar-refractivity contribution in [1.82, 2.24) is 9.80 Å². The number of fused-ring (bicyclic) bond motifs is 1. The largest absolute Gasteiger partial charge is 0.329 e. The van der Waals surface area contributed by atoms with Crippen LogP contribution in [-0.2, 0) is 0 Å². The minimum Gasteiger partial charge on any atom is -0.329 e. The van der Waals surface area contributed by atoms with Gasteiger partial charge in [-0.1, -0.05) is 13.3 Å². The maximum Gasteiger partial charge on any atom is 0.0501 e. The molecule has 0 bridgehead atoms. The molecule has 0 amide bonds. The fourth-order valence-corrected chi connectivity index (χ4v) is 4.91. The lowest BCUT2D eigenvalue weighted by molar-refractivity contribution is 0.00263. The molecule has 18 heavy (non-hydrogen) atoms. The highest BCUT2D eigenvalue weighted by molar-refractivity contribution is 5.11. The molecule has 0 radical (unpaired) electrons. The molecule has 3 rings (SSSR count). The van der Waals surface area contributed by atoms with Crippen LogP contribution < -0.4 is 5.73 Å². The van der Waals surface area contributed by atoms with E-state index in [4.69, 9.17) is 5.73 Å². The summed E-state index contributed by atoms with van der Waals surface area (Å²) < 4.78 is 0. The van der Waals surface area contributed by atoms with Gasteiger partial charge < -0.3 is 5.73 Å². The number of piperidine rings is 1. The maximum atomic E-state index is 6.30. The third kappa shape index (κ3) is 1.83. The smallest absolute Gasteiger partial charge is 0.0501 e. The molecule has 0 saturated carbocycles. The first-order valence-corrected chi connectivity index (χ1v) is 8.02. The summed E-state index contributed by atoms with van der Waals surface area (Å²) in [7, 11) is 0. The molecule has 3 heteroatoms. The van der Waals surface area contributed by atoms with E-state index in [0.29, 0.717) is 5.54 Å². The van der Waals surface area contributed by atoms with E-state index >= 15 is 0 Å². The first-order valence-electron chi connectivity index (χ1n) is 8.02. The van der Waals surface area contributed by atoms with Gasteiger partial charge in [-0.15, -0.1) is 0 Å². The second kappa shape index (κ2) is 5.10. The molecule has 0 aromatic rings. The van der Waals surface area contributed by atoms with Crippen molar-refractivity contribution in [2.75, 3.05) is 26.2 Å². The number of hydrogen-bond donors (Lipinski definition) is 1. The predicted molar refractivity (Wildman–Crippen MR) is 75.6 cm³/mol. The van der Waals surface area contributed by atoms with Crippen LogP contribution in [0.4, 0.5) is 0 Å². The molecule has 0 spiro atoms. The van der Waals surface area contributed by atoms with E-state index in [1.54, 1.807) is 0 Å². The second-order valence-corrected chi connectivity index (χ2v) is 6.50. The highest BCUT2D eigenvalue weighted by Crippen LogP contribution is 2.42. The van der Waals surface area contributed by atoms with Crippen LogP contribution in [0.5, 0.6) is 0 Å². The van der Waals surface area contributed by atoms with Gasteiger partial charge in [-0.2, -0.15) is 0 Å². The van der Waals surface area contributed by atoms with Crippen molar-refractivity contribution in [3.8, 4) is 0 Å². The Morgan fingerprint density at radius 1 is 1.11 bits per heavy atom. The number of rotatable bonds is 3. The van der Waals surface area contributed by atoms with Crippen molar-refractivity contribution in [2.45, 2.75) is 69.5 Å². The Balaban J connectivity index is 1.85. The van der Waals surface area contributed by atoms with Crippen LogP contribution in [0.15, 0.2) is 0 Å². The van der Waals surface area contributed by atoms with Crippen molar-refractivity contribution >= 4 is 0 Å². The van der Waals surface area contributed by atoms with E-state index in [1.807, 2.05) is 0 Å². The van der Waals surface area contributed by atoms with E-state index in [2.05, 4.69) is 16.7 Å². The third-order valence-corrected chi connectivity index (χ3v) is 5.84. The number of nitrogens with two attached hydrogens (primary N) is 1.